The van der Waals surface area contributed by atoms with Gasteiger partial charge in [-0.15, -0.1) is 0 Å². The first-order valence-electron chi connectivity index (χ1n) is 27.7. The number of anilines is 1. The van der Waals surface area contributed by atoms with Crippen LogP contribution in [0.25, 0.3) is 105 Å². The first kappa shape index (κ1) is 47.2. The summed E-state index contributed by atoms with van der Waals surface area (Å²) >= 11 is 0. The molecule has 80 heavy (non-hydrogen) atoms. The smallest absolute Gasteiger partial charge is 0.145 e. The van der Waals surface area contributed by atoms with E-state index in [0.717, 1.165) is 83.8 Å². The molecule has 2 atom stereocenters. The van der Waals surface area contributed by atoms with Gasteiger partial charge in [0.05, 0.1) is 63.0 Å². The molecular formula is C73H54N6O. The van der Waals surface area contributed by atoms with Gasteiger partial charge in [0.1, 0.15) is 17.2 Å². The van der Waals surface area contributed by atoms with Crippen LogP contribution in [0.3, 0.4) is 0 Å². The van der Waals surface area contributed by atoms with Gasteiger partial charge in [0.15, 0.2) is 0 Å². The van der Waals surface area contributed by atoms with E-state index >= 15 is 0 Å². The Morgan fingerprint density at radius 3 is 2.09 bits per heavy atom. The van der Waals surface area contributed by atoms with Crippen LogP contribution in [0.5, 0.6) is 0 Å². The van der Waals surface area contributed by atoms with Crippen molar-refractivity contribution in [3.8, 4) is 29.0 Å². The van der Waals surface area contributed by atoms with Crippen molar-refractivity contribution < 1.29 is 4.42 Å². The lowest BCUT2D eigenvalue weighted by molar-refractivity contribution is 0.660. The summed E-state index contributed by atoms with van der Waals surface area (Å²) < 4.78 is 13.9. The van der Waals surface area contributed by atoms with Gasteiger partial charge >= 0.3 is 0 Å². The van der Waals surface area contributed by atoms with Gasteiger partial charge in [-0.05, 0) is 126 Å². The second-order valence-electron chi connectivity index (χ2n) is 22.0. The van der Waals surface area contributed by atoms with Gasteiger partial charge in [0, 0.05) is 77.5 Å². The Morgan fingerprint density at radius 2 is 1.36 bits per heavy atom. The maximum Gasteiger partial charge on any atom is 0.145 e. The Bertz CT molecular complexity index is 4900. The largest absolute Gasteiger partial charge is 0.455 e. The third kappa shape index (κ3) is 6.59. The summed E-state index contributed by atoms with van der Waals surface area (Å²) in [7, 11) is 0. The third-order valence-corrected chi connectivity index (χ3v) is 17.6. The number of allylic oxidation sites excluding steroid dienone is 7. The zero-order valence-electron chi connectivity index (χ0n) is 45.0. The van der Waals surface area contributed by atoms with Gasteiger partial charge < -0.3 is 23.0 Å². The molecule has 5 heterocycles. The van der Waals surface area contributed by atoms with Crippen molar-refractivity contribution in [2.45, 2.75) is 58.0 Å². The Hall–Kier alpha value is -10.1. The van der Waals surface area contributed by atoms with Gasteiger partial charge in [-0.3, -0.25) is 0 Å². The summed E-state index contributed by atoms with van der Waals surface area (Å²) in [6.45, 7) is 13.4. The Morgan fingerprint density at radius 1 is 0.675 bits per heavy atom. The summed E-state index contributed by atoms with van der Waals surface area (Å²) in [6, 6.07) is 63.7. The molecule has 4 aromatic heterocycles. The number of nitriles is 2. The maximum atomic E-state index is 11.6. The lowest BCUT2D eigenvalue weighted by Crippen LogP contribution is -2.33. The monoisotopic (exact) mass is 1030 g/mol. The molecule has 0 spiro atoms. The van der Waals surface area contributed by atoms with Gasteiger partial charge in [-0.2, -0.15) is 10.5 Å². The first-order chi connectivity index (χ1) is 39.2. The van der Waals surface area contributed by atoms with E-state index < -0.39 is 0 Å². The number of hydrogen-bond acceptors (Lipinski definition) is 4. The van der Waals surface area contributed by atoms with Crippen LogP contribution in [-0.4, -0.2) is 19.7 Å². The average Bonchev–Trinajstić information content (AvgIpc) is 4.41. The van der Waals surface area contributed by atoms with Crippen molar-refractivity contribution in [3.05, 3.63) is 252 Å². The number of hydrogen-bond donors (Lipinski definition) is 0. The SMILES string of the molecule is C=C/C(C#N)=C(\C=C(\C#N)Cn1c2ccc(-n3c(CC)c(/C=C\C)c4ccccc43)cc2c2c3oc4ccccc4c3ccc21)N1c2cc3c(cc2[C@@H]2C=C(n4c5ccccc5c5ccccc54)C=CC21)-c1ccccc1C3(C)C. The maximum absolute atomic E-state index is 11.6. The molecule has 3 aliphatic rings. The second-order valence-corrected chi connectivity index (χ2v) is 22.0. The molecule has 15 rings (SSSR count). The fraction of sp³-hybridized carbons (Fsp3) is 0.123. The molecule has 0 N–H and O–H groups in total. The standard InChI is InChI=1S/C73H54N6O/c1-6-19-49-50-21-10-15-26-63(50)77(61(49)8-3)47-30-33-62-58(38-47)71-67(35-32-54-53-24-13-18-29-70(53)80-72(54)71)76(62)43-44(41-74)36-68(45(7-2)42-75)79-66-34-31-46(78-64-27-16-11-22-51(64)52-23-12-17-28-65(52)78)37-56(66)57-39-55-48-20-9-14-25-59(48)73(4,5)60(55)40-69(57)79/h6-7,9-40,56,66H,2,8,43H2,1,3-5H3/b19-6-,44-36-,68-45-/t56-,66?/m0/s1. The van der Waals surface area contributed by atoms with Crippen LogP contribution in [0.1, 0.15) is 61.6 Å². The van der Waals surface area contributed by atoms with Crippen molar-refractivity contribution >= 4 is 93.9 Å². The Balaban J connectivity index is 0.925. The molecule has 12 aromatic rings. The van der Waals surface area contributed by atoms with Crippen LogP contribution in [0.15, 0.2) is 228 Å². The predicted octanol–water partition coefficient (Wildman–Crippen LogP) is 18.1. The van der Waals surface area contributed by atoms with E-state index in [9.17, 15) is 10.5 Å². The molecule has 0 bridgehead atoms. The molecule has 0 saturated carbocycles. The summed E-state index contributed by atoms with van der Waals surface area (Å²) in [5.74, 6) is -0.109. The number of aromatic nitrogens is 3. The van der Waals surface area contributed by atoms with Gasteiger partial charge in [-0.25, -0.2) is 0 Å². The number of fused-ring (bicyclic) bond motifs is 17. The zero-order valence-corrected chi connectivity index (χ0v) is 45.0. The predicted molar refractivity (Wildman–Crippen MR) is 330 cm³/mol. The highest BCUT2D eigenvalue weighted by Gasteiger charge is 2.44. The van der Waals surface area contributed by atoms with Crippen molar-refractivity contribution in [1.82, 2.24) is 13.7 Å². The lowest BCUT2D eigenvalue weighted by Gasteiger charge is -2.32. The minimum absolute atomic E-state index is 0.109. The number of benzene rings is 8. The van der Waals surface area contributed by atoms with E-state index in [4.69, 9.17) is 4.42 Å². The molecule has 0 saturated heterocycles. The van der Waals surface area contributed by atoms with Crippen LogP contribution in [-0.2, 0) is 18.4 Å². The quantitative estimate of drug-likeness (QED) is 0.107. The van der Waals surface area contributed by atoms with Gasteiger partial charge in [0.2, 0.25) is 0 Å². The highest BCUT2D eigenvalue weighted by Crippen LogP contribution is 2.56. The van der Waals surface area contributed by atoms with E-state index in [-0.39, 0.29) is 23.9 Å². The summed E-state index contributed by atoms with van der Waals surface area (Å²) in [5, 5.41) is 30.5. The van der Waals surface area contributed by atoms with E-state index in [2.05, 4.69) is 247 Å². The van der Waals surface area contributed by atoms with E-state index in [1.165, 1.54) is 55.2 Å². The first-order valence-corrected chi connectivity index (χ1v) is 27.7. The number of furan rings is 1. The Kier molecular flexibility index (Phi) is 10.5. The molecule has 382 valence electrons. The van der Waals surface area contributed by atoms with Crippen molar-refractivity contribution in [2.24, 2.45) is 0 Å². The van der Waals surface area contributed by atoms with Gasteiger partial charge in [0.25, 0.3) is 0 Å². The minimum Gasteiger partial charge on any atom is -0.455 e. The van der Waals surface area contributed by atoms with Crippen LogP contribution in [0, 0.1) is 22.7 Å². The van der Waals surface area contributed by atoms with Crippen LogP contribution >= 0.6 is 0 Å². The molecule has 8 aromatic carbocycles. The normalized spacial score (nSPS) is 16.7. The minimum atomic E-state index is -0.280. The number of nitrogens with zero attached hydrogens (tertiary/aromatic N) is 6. The second kappa shape index (κ2) is 17.7. The molecule has 1 unspecified atom stereocenters. The molecule has 7 heteroatoms. The van der Waals surface area contributed by atoms with Crippen molar-refractivity contribution in [1.29, 1.82) is 10.5 Å². The fourth-order valence-corrected chi connectivity index (χ4v) is 14.1. The molecular weight excluding hydrogens is 977 g/mol. The van der Waals surface area contributed by atoms with Gasteiger partial charge in [-0.1, -0.05) is 149 Å². The molecule has 0 amide bonds. The molecule has 2 aliphatic carbocycles. The zero-order chi connectivity index (χ0) is 54.1. The Labute approximate surface area is 463 Å². The van der Waals surface area contributed by atoms with Crippen molar-refractivity contribution in [3.63, 3.8) is 0 Å². The topological polar surface area (TPSA) is 78.8 Å². The summed E-state index contributed by atoms with van der Waals surface area (Å²) in [4.78, 5) is 2.32. The molecule has 7 nitrogen and oxygen atoms in total. The third-order valence-electron chi connectivity index (χ3n) is 17.6. The molecule has 0 radical (unpaired) electrons. The molecule has 1 aliphatic heterocycles. The van der Waals surface area contributed by atoms with E-state index in [1.54, 1.807) is 6.08 Å². The highest BCUT2D eigenvalue weighted by atomic mass is 16.3. The summed E-state index contributed by atoms with van der Waals surface area (Å²) in [5.41, 5.74) is 20.0. The van der Waals surface area contributed by atoms with Crippen LogP contribution in [0.2, 0.25) is 0 Å². The lowest BCUT2D eigenvalue weighted by atomic mass is 9.81. The number of rotatable bonds is 9. The fourth-order valence-electron chi connectivity index (χ4n) is 14.1. The molecule has 0 fully saturated rings. The highest BCUT2D eigenvalue weighted by molar-refractivity contribution is 6.23. The number of para-hydroxylation sites is 4. The van der Waals surface area contributed by atoms with E-state index in [0.29, 0.717) is 16.8 Å². The van der Waals surface area contributed by atoms with Crippen molar-refractivity contribution in [2.75, 3.05) is 4.90 Å². The summed E-state index contributed by atoms with van der Waals surface area (Å²) in [6.07, 6.45) is 15.7. The van der Waals surface area contributed by atoms with E-state index in [1.807, 2.05) is 18.2 Å². The average molecular weight is 1030 g/mol. The van der Waals surface area contributed by atoms with Crippen LogP contribution < -0.4 is 4.90 Å². The van der Waals surface area contributed by atoms with Crippen LogP contribution in [0.4, 0.5) is 5.69 Å².